The highest BCUT2D eigenvalue weighted by Crippen LogP contribution is 2.30. The molecule has 0 radical (unpaired) electrons. The molecule has 3 heterocycles. The quantitative estimate of drug-likeness (QED) is 0.635. The number of nitrogens with one attached hydrogen (secondary N) is 2. The molecule has 27 heavy (non-hydrogen) atoms. The molecule has 1 aliphatic heterocycles. The van der Waals surface area contributed by atoms with Crippen molar-refractivity contribution in [1.82, 2.24) is 15.0 Å². The van der Waals surface area contributed by atoms with Gasteiger partial charge in [0.1, 0.15) is 11.3 Å². The molecule has 4 rings (SSSR count). The molecule has 0 aliphatic carbocycles. The summed E-state index contributed by atoms with van der Waals surface area (Å²) in [4.78, 5) is 28.1. The fourth-order valence-electron chi connectivity index (χ4n) is 3.08. The third-order valence-electron chi connectivity index (χ3n) is 4.34. The molecule has 0 saturated carbocycles. The van der Waals surface area contributed by atoms with Crippen LogP contribution < -0.4 is 21.4 Å². The number of hydrogen-bond donors (Lipinski definition) is 3. The smallest absolute Gasteiger partial charge is 0.335 e. The summed E-state index contributed by atoms with van der Waals surface area (Å²) >= 11 is 1.58. The van der Waals surface area contributed by atoms with E-state index in [0.29, 0.717) is 23.6 Å². The molecule has 0 unspecified atom stereocenters. The molecule has 8 nitrogen and oxygen atoms in total. The number of benzene rings is 1. The minimum atomic E-state index is -0.757. The molecule has 1 aromatic carbocycles. The van der Waals surface area contributed by atoms with Crippen molar-refractivity contribution in [2.45, 2.75) is 12.5 Å². The van der Waals surface area contributed by atoms with Gasteiger partial charge in [-0.15, -0.1) is 11.3 Å². The van der Waals surface area contributed by atoms with Crippen molar-refractivity contribution in [2.24, 2.45) is 5.10 Å². The van der Waals surface area contributed by atoms with Crippen LogP contribution in [0.15, 0.2) is 56.5 Å². The van der Waals surface area contributed by atoms with E-state index in [4.69, 9.17) is 4.74 Å². The average Bonchev–Trinajstić information content (AvgIpc) is 3.33. The Bertz CT molecular complexity index is 1130. The van der Waals surface area contributed by atoms with Gasteiger partial charge in [0.15, 0.2) is 0 Å². The second kappa shape index (κ2) is 6.76. The van der Waals surface area contributed by atoms with Crippen LogP contribution in [0.1, 0.15) is 22.9 Å². The third kappa shape index (κ3) is 2.91. The Kier molecular flexibility index (Phi) is 4.28. The first kappa shape index (κ1) is 17.1. The normalized spacial score (nSPS) is 16.0. The SMILES string of the molecule is COc1ccccc1-n1c(O)c(C2=NN[C@H](c3cccs3)C2)c(=O)[nH]c1=O. The molecule has 3 N–H and O–H groups in total. The predicted molar refractivity (Wildman–Crippen MR) is 102 cm³/mol. The lowest BCUT2D eigenvalue weighted by Gasteiger charge is -2.14. The van der Waals surface area contributed by atoms with Crippen LogP contribution >= 0.6 is 11.3 Å². The van der Waals surface area contributed by atoms with E-state index in [9.17, 15) is 14.7 Å². The lowest BCUT2D eigenvalue weighted by Crippen LogP contribution is -2.33. The van der Waals surface area contributed by atoms with Crippen LogP contribution in [0, 0.1) is 0 Å². The summed E-state index contributed by atoms with van der Waals surface area (Å²) in [5.74, 6) is -0.0866. The third-order valence-corrected chi connectivity index (χ3v) is 5.33. The number of nitrogens with zero attached hydrogens (tertiary/aromatic N) is 2. The van der Waals surface area contributed by atoms with Gasteiger partial charge in [0.2, 0.25) is 5.88 Å². The van der Waals surface area contributed by atoms with Gasteiger partial charge >= 0.3 is 5.69 Å². The van der Waals surface area contributed by atoms with Gasteiger partial charge < -0.3 is 15.3 Å². The fourth-order valence-corrected chi connectivity index (χ4v) is 3.85. The van der Waals surface area contributed by atoms with E-state index in [1.54, 1.807) is 35.6 Å². The Labute approximate surface area is 157 Å². The van der Waals surface area contributed by atoms with Crippen LogP contribution in [0.5, 0.6) is 11.6 Å². The van der Waals surface area contributed by atoms with Crippen LogP contribution in [0.3, 0.4) is 0 Å². The maximum atomic E-state index is 12.4. The van der Waals surface area contributed by atoms with E-state index in [-0.39, 0.29) is 11.6 Å². The number of para-hydroxylation sites is 2. The largest absolute Gasteiger partial charge is 0.495 e. The van der Waals surface area contributed by atoms with Crippen molar-refractivity contribution >= 4 is 17.0 Å². The average molecular weight is 384 g/mol. The fraction of sp³-hybridized carbons (Fsp3) is 0.167. The zero-order valence-corrected chi connectivity index (χ0v) is 15.1. The summed E-state index contributed by atoms with van der Waals surface area (Å²) in [6.07, 6.45) is 0.418. The number of methoxy groups -OCH3 is 1. The highest BCUT2D eigenvalue weighted by atomic mass is 32.1. The predicted octanol–water partition coefficient (Wildman–Crippen LogP) is 1.74. The van der Waals surface area contributed by atoms with Gasteiger partial charge in [-0.2, -0.15) is 5.10 Å². The van der Waals surface area contributed by atoms with Crippen molar-refractivity contribution < 1.29 is 9.84 Å². The molecule has 0 bridgehead atoms. The van der Waals surface area contributed by atoms with E-state index in [1.807, 2.05) is 17.5 Å². The van der Waals surface area contributed by atoms with Gasteiger partial charge in [-0.25, -0.2) is 9.36 Å². The standard InChI is InChI=1S/C18H16N4O4S/c1-26-13-6-3-2-5-12(13)22-17(24)15(16(23)19-18(22)25)11-9-10(20-21-11)14-7-4-8-27-14/h2-8,10,20,24H,9H2,1H3,(H,19,23,25)/t10-/m0/s1. The lowest BCUT2D eigenvalue weighted by atomic mass is 10.1. The summed E-state index contributed by atoms with van der Waals surface area (Å²) in [7, 11) is 1.46. The van der Waals surface area contributed by atoms with Crippen LogP contribution in [0.4, 0.5) is 0 Å². The summed E-state index contributed by atoms with van der Waals surface area (Å²) in [6.45, 7) is 0. The summed E-state index contributed by atoms with van der Waals surface area (Å²) in [6, 6.07) is 10.6. The zero-order chi connectivity index (χ0) is 19.0. The van der Waals surface area contributed by atoms with E-state index in [1.165, 1.54) is 7.11 Å². The monoisotopic (exact) mass is 384 g/mol. The Morgan fingerprint density at radius 3 is 2.81 bits per heavy atom. The first-order chi connectivity index (χ1) is 13.1. The topological polar surface area (TPSA) is 109 Å². The number of hydrogen-bond acceptors (Lipinski definition) is 7. The molecule has 138 valence electrons. The van der Waals surface area contributed by atoms with Crippen molar-refractivity contribution in [2.75, 3.05) is 7.11 Å². The molecular formula is C18H16N4O4S. The number of aromatic nitrogens is 2. The molecule has 1 atom stereocenters. The molecule has 2 aromatic heterocycles. The Morgan fingerprint density at radius 1 is 1.26 bits per heavy atom. The van der Waals surface area contributed by atoms with Crippen LogP contribution in [-0.2, 0) is 0 Å². The molecule has 0 amide bonds. The first-order valence-corrected chi connectivity index (χ1v) is 9.05. The van der Waals surface area contributed by atoms with Crippen LogP contribution in [0.25, 0.3) is 5.69 Å². The second-order valence-electron chi connectivity index (χ2n) is 5.92. The summed E-state index contributed by atoms with van der Waals surface area (Å²) < 4.78 is 6.28. The van der Waals surface area contributed by atoms with Gasteiger partial charge in [0.25, 0.3) is 5.56 Å². The number of thiophene rings is 1. The van der Waals surface area contributed by atoms with Gasteiger partial charge in [0.05, 0.1) is 24.6 Å². The molecular weight excluding hydrogens is 368 g/mol. The van der Waals surface area contributed by atoms with Gasteiger partial charge in [-0.1, -0.05) is 18.2 Å². The number of aromatic hydroxyl groups is 1. The number of ether oxygens (including phenoxy) is 1. The van der Waals surface area contributed by atoms with Crippen molar-refractivity contribution in [3.8, 4) is 17.3 Å². The summed E-state index contributed by atoms with van der Waals surface area (Å²) in [5, 5.41) is 17.0. The first-order valence-electron chi connectivity index (χ1n) is 8.17. The Hall–Kier alpha value is -3.33. The van der Waals surface area contributed by atoms with Crippen LogP contribution in [-0.4, -0.2) is 27.5 Å². The van der Waals surface area contributed by atoms with E-state index in [2.05, 4.69) is 15.5 Å². The van der Waals surface area contributed by atoms with Crippen molar-refractivity contribution in [1.29, 1.82) is 0 Å². The number of aromatic amines is 1. The molecule has 0 fully saturated rings. The van der Waals surface area contributed by atoms with Crippen LogP contribution in [0.2, 0.25) is 0 Å². The Balaban J connectivity index is 1.82. The van der Waals surface area contributed by atoms with E-state index >= 15 is 0 Å². The zero-order valence-electron chi connectivity index (χ0n) is 14.3. The minimum Gasteiger partial charge on any atom is -0.495 e. The van der Waals surface area contributed by atoms with E-state index < -0.39 is 17.1 Å². The molecule has 0 saturated heterocycles. The maximum absolute atomic E-state index is 12.4. The second-order valence-corrected chi connectivity index (χ2v) is 6.90. The number of H-pyrrole nitrogens is 1. The number of hydrazone groups is 1. The van der Waals surface area contributed by atoms with Crippen molar-refractivity contribution in [3.05, 3.63) is 73.1 Å². The summed E-state index contributed by atoms with van der Waals surface area (Å²) in [5.41, 5.74) is 2.21. The van der Waals surface area contributed by atoms with E-state index in [0.717, 1.165) is 9.44 Å². The lowest BCUT2D eigenvalue weighted by molar-refractivity contribution is 0.401. The highest BCUT2D eigenvalue weighted by molar-refractivity contribution is 7.10. The van der Waals surface area contributed by atoms with Gasteiger partial charge in [-0.3, -0.25) is 9.78 Å². The molecule has 9 heteroatoms. The highest BCUT2D eigenvalue weighted by Gasteiger charge is 2.28. The minimum absolute atomic E-state index is 0.0351. The number of rotatable bonds is 4. The maximum Gasteiger partial charge on any atom is 0.335 e. The van der Waals surface area contributed by atoms with Crippen molar-refractivity contribution in [3.63, 3.8) is 0 Å². The molecule has 0 spiro atoms. The van der Waals surface area contributed by atoms with Gasteiger partial charge in [-0.05, 0) is 23.6 Å². The molecule has 3 aromatic rings. The van der Waals surface area contributed by atoms with Gasteiger partial charge in [0, 0.05) is 11.3 Å². The molecule has 1 aliphatic rings. The Morgan fingerprint density at radius 2 is 2.07 bits per heavy atom.